The molecule has 1 fully saturated rings. The molecule has 0 saturated carbocycles. The Hall–Kier alpha value is -4.26. The maximum Gasteiger partial charge on any atom is 0.242 e. The van der Waals surface area contributed by atoms with Crippen molar-refractivity contribution in [2.75, 3.05) is 13.1 Å². The number of aromatic amines is 1. The Morgan fingerprint density at radius 2 is 2.15 bits per heavy atom. The Labute approximate surface area is 189 Å². The van der Waals surface area contributed by atoms with Crippen LogP contribution < -0.4 is 5.32 Å². The first-order valence-electron chi connectivity index (χ1n) is 10.9. The van der Waals surface area contributed by atoms with Gasteiger partial charge in [-0.15, -0.1) is 0 Å². The summed E-state index contributed by atoms with van der Waals surface area (Å²) in [5.74, 6) is -0.458. The number of amides is 2. The minimum Gasteiger partial charge on any atom is -0.354 e. The SMILES string of the molecule is N#CCC(=O)N1CCCC1C(=O)NCCc1cc2c(-c3cnn4ncccc34)ccnc2[nH]1. The smallest absolute Gasteiger partial charge is 0.242 e. The molecule has 5 rings (SSSR count). The highest BCUT2D eigenvalue weighted by Crippen LogP contribution is 2.30. The zero-order valence-corrected chi connectivity index (χ0v) is 17.9. The number of nitrogens with zero attached hydrogens (tertiary/aromatic N) is 6. The Balaban J connectivity index is 1.29. The van der Waals surface area contributed by atoms with Crippen molar-refractivity contribution in [2.24, 2.45) is 0 Å². The van der Waals surface area contributed by atoms with Crippen LogP contribution in [0, 0.1) is 11.3 Å². The van der Waals surface area contributed by atoms with E-state index >= 15 is 0 Å². The summed E-state index contributed by atoms with van der Waals surface area (Å²) < 4.78 is 1.60. The van der Waals surface area contributed by atoms with Crippen LogP contribution in [0.25, 0.3) is 27.7 Å². The summed E-state index contributed by atoms with van der Waals surface area (Å²) in [5, 5.41) is 21.2. The number of hydrogen-bond donors (Lipinski definition) is 2. The number of nitrogens with one attached hydrogen (secondary N) is 2. The van der Waals surface area contributed by atoms with Gasteiger partial charge in [-0.05, 0) is 42.7 Å². The quantitative estimate of drug-likeness (QED) is 0.468. The molecule has 166 valence electrons. The number of rotatable bonds is 6. The first-order chi connectivity index (χ1) is 16.2. The lowest BCUT2D eigenvalue weighted by molar-refractivity contribution is -0.137. The summed E-state index contributed by atoms with van der Waals surface area (Å²) in [7, 11) is 0. The van der Waals surface area contributed by atoms with Gasteiger partial charge >= 0.3 is 0 Å². The second-order valence-electron chi connectivity index (χ2n) is 7.99. The summed E-state index contributed by atoms with van der Waals surface area (Å²) in [6, 6.07) is 9.22. The molecule has 1 aliphatic rings. The van der Waals surface area contributed by atoms with E-state index in [4.69, 9.17) is 5.26 Å². The van der Waals surface area contributed by atoms with E-state index in [1.54, 1.807) is 23.2 Å². The standard InChI is InChI=1S/C23H22N8O2/c24-8-5-21(32)30-12-2-4-20(30)23(33)26-10-6-15-13-17-16(7-11-25-22(17)29-15)18-14-28-31-19(18)3-1-9-27-31/h1,3,7,9,11,13-14,20H,2,4-6,10,12H2,(H,25,29)(H,26,33). The number of carbonyl (C=O) groups is 2. The van der Waals surface area contributed by atoms with Gasteiger partial charge in [0.2, 0.25) is 11.8 Å². The Kier molecular flexibility index (Phi) is 5.44. The van der Waals surface area contributed by atoms with Crippen molar-refractivity contribution in [2.45, 2.75) is 31.7 Å². The van der Waals surface area contributed by atoms with Crippen molar-refractivity contribution in [1.29, 1.82) is 5.26 Å². The highest BCUT2D eigenvalue weighted by Gasteiger charge is 2.33. The zero-order valence-electron chi connectivity index (χ0n) is 17.9. The molecule has 10 nitrogen and oxygen atoms in total. The van der Waals surface area contributed by atoms with Crippen LogP contribution in [-0.2, 0) is 16.0 Å². The number of H-pyrrole nitrogens is 1. The molecule has 1 unspecified atom stereocenters. The summed E-state index contributed by atoms with van der Waals surface area (Å²) in [5.41, 5.74) is 4.60. The number of hydrogen-bond acceptors (Lipinski definition) is 6. The Bertz CT molecular complexity index is 1380. The highest BCUT2D eigenvalue weighted by molar-refractivity contribution is 5.97. The van der Waals surface area contributed by atoms with E-state index in [1.807, 2.05) is 30.3 Å². The van der Waals surface area contributed by atoms with Gasteiger partial charge in [-0.1, -0.05) is 0 Å². The van der Waals surface area contributed by atoms with Crippen LogP contribution in [0.15, 0.2) is 42.9 Å². The van der Waals surface area contributed by atoms with Gasteiger partial charge in [-0.25, -0.2) is 4.98 Å². The third kappa shape index (κ3) is 3.89. The molecule has 0 radical (unpaired) electrons. The highest BCUT2D eigenvalue weighted by atomic mass is 16.2. The minimum absolute atomic E-state index is 0.174. The molecule has 33 heavy (non-hydrogen) atoms. The van der Waals surface area contributed by atoms with Crippen LogP contribution in [0.3, 0.4) is 0 Å². The van der Waals surface area contributed by atoms with Gasteiger partial charge < -0.3 is 15.2 Å². The molecular formula is C23H22N8O2. The zero-order chi connectivity index (χ0) is 22.8. The predicted octanol–water partition coefficient (Wildman–Crippen LogP) is 1.84. The van der Waals surface area contributed by atoms with E-state index in [0.717, 1.165) is 39.8 Å². The number of pyridine rings is 1. The third-order valence-corrected chi connectivity index (χ3v) is 5.98. The monoisotopic (exact) mass is 442 g/mol. The van der Waals surface area contributed by atoms with E-state index in [-0.39, 0.29) is 18.2 Å². The number of likely N-dealkylation sites (tertiary alicyclic amines) is 1. The van der Waals surface area contributed by atoms with Crippen molar-refractivity contribution in [3.63, 3.8) is 0 Å². The molecular weight excluding hydrogens is 420 g/mol. The third-order valence-electron chi connectivity index (χ3n) is 5.98. The minimum atomic E-state index is -0.494. The van der Waals surface area contributed by atoms with Crippen LogP contribution in [0.1, 0.15) is 25.0 Å². The van der Waals surface area contributed by atoms with Crippen molar-refractivity contribution in [3.8, 4) is 17.2 Å². The Morgan fingerprint density at radius 3 is 3.03 bits per heavy atom. The van der Waals surface area contributed by atoms with E-state index < -0.39 is 6.04 Å². The number of nitriles is 1. The average Bonchev–Trinajstić information content (AvgIpc) is 3.56. The van der Waals surface area contributed by atoms with Gasteiger partial charge in [0.1, 0.15) is 18.1 Å². The van der Waals surface area contributed by atoms with Gasteiger partial charge in [0.15, 0.2) is 0 Å². The molecule has 2 N–H and O–H groups in total. The van der Waals surface area contributed by atoms with Crippen molar-refractivity contribution >= 4 is 28.4 Å². The van der Waals surface area contributed by atoms with Crippen molar-refractivity contribution in [1.82, 2.24) is 35.0 Å². The lowest BCUT2D eigenvalue weighted by Crippen LogP contribution is -2.46. The molecule has 4 aromatic heterocycles. The first kappa shape index (κ1) is 20.6. The van der Waals surface area contributed by atoms with Gasteiger partial charge in [-0.2, -0.15) is 20.1 Å². The lowest BCUT2D eigenvalue weighted by atomic mass is 10.1. The second-order valence-corrected chi connectivity index (χ2v) is 7.99. The summed E-state index contributed by atoms with van der Waals surface area (Å²) in [4.78, 5) is 34.0. The fourth-order valence-electron chi connectivity index (χ4n) is 4.44. The fraction of sp³-hybridized carbons (Fsp3) is 0.304. The van der Waals surface area contributed by atoms with E-state index in [0.29, 0.717) is 25.9 Å². The molecule has 5 heterocycles. The van der Waals surface area contributed by atoms with Gasteiger partial charge in [0.05, 0.1) is 17.8 Å². The molecule has 0 aliphatic carbocycles. The van der Waals surface area contributed by atoms with Gasteiger partial charge in [0.25, 0.3) is 0 Å². The molecule has 0 bridgehead atoms. The van der Waals surface area contributed by atoms with Crippen LogP contribution in [0.5, 0.6) is 0 Å². The number of aromatic nitrogens is 5. The molecule has 1 saturated heterocycles. The van der Waals surface area contributed by atoms with E-state index in [1.165, 1.54) is 4.90 Å². The maximum atomic E-state index is 12.6. The fourth-order valence-corrected chi connectivity index (χ4v) is 4.44. The van der Waals surface area contributed by atoms with Crippen LogP contribution in [-0.4, -0.2) is 60.6 Å². The Morgan fingerprint density at radius 1 is 1.24 bits per heavy atom. The molecule has 0 spiro atoms. The van der Waals surface area contributed by atoms with E-state index in [9.17, 15) is 9.59 Å². The molecule has 10 heteroatoms. The number of fused-ring (bicyclic) bond motifs is 2. The van der Waals surface area contributed by atoms with Crippen LogP contribution in [0.2, 0.25) is 0 Å². The molecule has 1 atom stereocenters. The average molecular weight is 442 g/mol. The van der Waals surface area contributed by atoms with Gasteiger partial charge in [-0.3, -0.25) is 9.59 Å². The number of carbonyl (C=O) groups excluding carboxylic acids is 2. The topological polar surface area (TPSA) is 132 Å². The molecule has 0 aromatic carbocycles. The van der Waals surface area contributed by atoms with Crippen LogP contribution in [0.4, 0.5) is 0 Å². The van der Waals surface area contributed by atoms with Crippen molar-refractivity contribution in [3.05, 3.63) is 48.5 Å². The maximum absolute atomic E-state index is 12.6. The van der Waals surface area contributed by atoms with Crippen molar-refractivity contribution < 1.29 is 9.59 Å². The normalized spacial score (nSPS) is 15.7. The molecule has 4 aromatic rings. The van der Waals surface area contributed by atoms with E-state index in [2.05, 4.69) is 25.5 Å². The second kappa shape index (κ2) is 8.70. The molecule has 1 aliphatic heterocycles. The predicted molar refractivity (Wildman–Crippen MR) is 120 cm³/mol. The van der Waals surface area contributed by atoms with Gasteiger partial charge in [0, 0.05) is 48.5 Å². The summed E-state index contributed by atoms with van der Waals surface area (Å²) in [6.45, 7) is 0.951. The largest absolute Gasteiger partial charge is 0.354 e. The lowest BCUT2D eigenvalue weighted by Gasteiger charge is -2.23. The summed E-state index contributed by atoms with van der Waals surface area (Å²) in [6.07, 6.45) is 7.03. The van der Waals surface area contributed by atoms with Crippen LogP contribution >= 0.6 is 0 Å². The molecule has 2 amide bonds. The summed E-state index contributed by atoms with van der Waals surface area (Å²) >= 11 is 0. The first-order valence-corrected chi connectivity index (χ1v) is 10.9.